The maximum Gasteiger partial charge on any atom is 0.242 e. The summed E-state index contributed by atoms with van der Waals surface area (Å²) in [5.74, 6) is 0.338. The highest BCUT2D eigenvalue weighted by Gasteiger charge is 2.23. The molecular formula is C18H21ClN2O5S. The first-order valence-electron chi connectivity index (χ1n) is 8.17. The van der Waals surface area contributed by atoms with Crippen molar-refractivity contribution in [2.24, 2.45) is 0 Å². The molecule has 0 heterocycles. The molecule has 2 aromatic carbocycles. The summed E-state index contributed by atoms with van der Waals surface area (Å²) in [6.45, 7) is 3.71. The Hall–Kier alpha value is -2.29. The molecule has 0 saturated carbocycles. The van der Waals surface area contributed by atoms with Crippen LogP contribution in [0.3, 0.4) is 0 Å². The molecule has 0 aliphatic rings. The molecule has 0 unspecified atom stereocenters. The van der Waals surface area contributed by atoms with Gasteiger partial charge in [0, 0.05) is 0 Å². The zero-order chi connectivity index (χ0) is 20.0. The van der Waals surface area contributed by atoms with Gasteiger partial charge in [0.1, 0.15) is 11.5 Å². The van der Waals surface area contributed by atoms with Crippen LogP contribution in [-0.2, 0) is 14.8 Å². The Morgan fingerprint density at radius 3 is 2.52 bits per heavy atom. The van der Waals surface area contributed by atoms with E-state index in [9.17, 15) is 13.2 Å². The highest BCUT2D eigenvalue weighted by molar-refractivity contribution is 7.89. The summed E-state index contributed by atoms with van der Waals surface area (Å²) in [6.07, 6.45) is 0. The molecule has 9 heteroatoms. The molecule has 1 atom stereocenters. The Morgan fingerprint density at radius 1 is 1.19 bits per heavy atom. The first-order valence-corrected chi connectivity index (χ1v) is 10.0. The van der Waals surface area contributed by atoms with Crippen molar-refractivity contribution < 1.29 is 22.7 Å². The number of carbonyl (C=O) groups excluding carboxylic acids is 1. The molecule has 0 aromatic heterocycles. The van der Waals surface area contributed by atoms with Crippen molar-refractivity contribution in [3.8, 4) is 11.5 Å². The summed E-state index contributed by atoms with van der Waals surface area (Å²) >= 11 is 5.98. The second kappa shape index (κ2) is 9.07. The molecular weight excluding hydrogens is 392 g/mol. The highest BCUT2D eigenvalue weighted by Crippen LogP contribution is 2.27. The van der Waals surface area contributed by atoms with E-state index in [4.69, 9.17) is 21.1 Å². The lowest BCUT2D eigenvalue weighted by atomic mass is 10.2. The number of sulfonamides is 1. The molecule has 146 valence electrons. The van der Waals surface area contributed by atoms with Crippen molar-refractivity contribution in [3.63, 3.8) is 0 Å². The van der Waals surface area contributed by atoms with Crippen LogP contribution in [0.5, 0.6) is 11.5 Å². The van der Waals surface area contributed by atoms with Gasteiger partial charge in [0.05, 0.1) is 35.4 Å². The minimum Gasteiger partial charge on any atom is -0.495 e. The summed E-state index contributed by atoms with van der Waals surface area (Å²) in [4.78, 5) is 12.3. The smallest absolute Gasteiger partial charge is 0.242 e. The monoisotopic (exact) mass is 412 g/mol. The first-order chi connectivity index (χ1) is 12.8. The van der Waals surface area contributed by atoms with Crippen LogP contribution in [0.2, 0.25) is 5.02 Å². The van der Waals surface area contributed by atoms with E-state index in [-0.39, 0.29) is 9.92 Å². The quantitative estimate of drug-likeness (QED) is 0.695. The summed E-state index contributed by atoms with van der Waals surface area (Å²) in [5.41, 5.74) is 0.461. The summed E-state index contributed by atoms with van der Waals surface area (Å²) in [7, 11) is -2.52. The third-order valence-electron chi connectivity index (χ3n) is 3.60. The van der Waals surface area contributed by atoms with E-state index in [1.807, 2.05) is 6.92 Å². The molecule has 7 nitrogen and oxygen atoms in total. The topological polar surface area (TPSA) is 93.7 Å². The van der Waals surface area contributed by atoms with Gasteiger partial charge in [-0.05, 0) is 44.2 Å². The van der Waals surface area contributed by atoms with E-state index in [2.05, 4.69) is 10.0 Å². The molecule has 0 spiro atoms. The Bertz CT molecular complexity index is 918. The molecule has 0 bridgehead atoms. The number of anilines is 1. The number of methoxy groups -OCH3 is 1. The molecule has 1 amide bonds. The summed E-state index contributed by atoms with van der Waals surface area (Å²) in [5, 5.41) is 2.82. The fraction of sp³-hybridized carbons (Fsp3) is 0.278. The van der Waals surface area contributed by atoms with Crippen LogP contribution in [0.1, 0.15) is 13.8 Å². The minimum atomic E-state index is -3.95. The SMILES string of the molecule is CCOc1ccccc1NC(=O)[C@@H](C)NS(=O)(=O)c1ccc(OC)c(Cl)c1. The van der Waals surface area contributed by atoms with Crippen molar-refractivity contribution in [3.05, 3.63) is 47.5 Å². The number of carbonyl (C=O) groups is 1. The number of rotatable bonds is 8. The van der Waals surface area contributed by atoms with Gasteiger partial charge in [-0.2, -0.15) is 4.72 Å². The fourth-order valence-corrected chi connectivity index (χ4v) is 3.81. The molecule has 0 aliphatic heterocycles. The van der Waals surface area contributed by atoms with Crippen molar-refractivity contribution >= 4 is 33.2 Å². The average Bonchev–Trinajstić information content (AvgIpc) is 2.63. The predicted octanol–water partition coefficient (Wildman–Crippen LogP) is 3.05. The van der Waals surface area contributed by atoms with E-state index in [1.165, 1.54) is 32.2 Å². The van der Waals surface area contributed by atoms with E-state index in [0.717, 1.165) is 0 Å². The molecule has 0 radical (unpaired) electrons. The Morgan fingerprint density at radius 2 is 1.89 bits per heavy atom. The fourth-order valence-electron chi connectivity index (χ4n) is 2.26. The van der Waals surface area contributed by atoms with Crippen LogP contribution in [0.15, 0.2) is 47.4 Å². The van der Waals surface area contributed by atoms with Gasteiger partial charge >= 0.3 is 0 Å². The molecule has 0 saturated heterocycles. The van der Waals surface area contributed by atoms with Crippen LogP contribution in [0.4, 0.5) is 5.69 Å². The third-order valence-corrected chi connectivity index (χ3v) is 5.44. The van der Waals surface area contributed by atoms with Crippen LogP contribution in [0.25, 0.3) is 0 Å². The number of benzene rings is 2. The lowest BCUT2D eigenvalue weighted by Crippen LogP contribution is -2.41. The van der Waals surface area contributed by atoms with Crippen molar-refractivity contribution in [1.82, 2.24) is 4.72 Å². The first kappa shape index (κ1) is 21.0. The lowest BCUT2D eigenvalue weighted by Gasteiger charge is -2.16. The van der Waals surface area contributed by atoms with Crippen molar-refractivity contribution in [1.29, 1.82) is 0 Å². The standard InChI is InChI=1S/C18H21ClN2O5S/c1-4-26-17-8-6-5-7-15(17)20-18(22)12(2)21-27(23,24)13-9-10-16(25-3)14(19)11-13/h5-12,21H,4H2,1-3H3,(H,20,22)/t12-/m1/s1. The maximum atomic E-state index is 12.5. The van der Waals surface area contributed by atoms with E-state index in [1.54, 1.807) is 24.3 Å². The van der Waals surface area contributed by atoms with Crippen LogP contribution < -0.4 is 19.5 Å². The Labute approximate surface area is 163 Å². The Kier molecular flexibility index (Phi) is 7.06. The molecule has 27 heavy (non-hydrogen) atoms. The van der Waals surface area contributed by atoms with Gasteiger partial charge in [-0.3, -0.25) is 4.79 Å². The van der Waals surface area contributed by atoms with E-state index < -0.39 is 22.0 Å². The average molecular weight is 413 g/mol. The van der Waals surface area contributed by atoms with Gasteiger partial charge < -0.3 is 14.8 Å². The zero-order valence-corrected chi connectivity index (χ0v) is 16.7. The van der Waals surface area contributed by atoms with Crippen LogP contribution in [-0.4, -0.2) is 34.1 Å². The minimum absolute atomic E-state index is 0.0670. The number of para-hydroxylation sites is 2. The molecule has 0 aliphatic carbocycles. The normalized spacial score (nSPS) is 12.3. The second-order valence-electron chi connectivity index (χ2n) is 5.56. The van der Waals surface area contributed by atoms with E-state index in [0.29, 0.717) is 23.8 Å². The number of hydrogen-bond donors (Lipinski definition) is 2. The van der Waals surface area contributed by atoms with Crippen LogP contribution in [0, 0.1) is 0 Å². The largest absolute Gasteiger partial charge is 0.495 e. The maximum absolute atomic E-state index is 12.5. The number of hydrogen-bond acceptors (Lipinski definition) is 5. The van der Waals surface area contributed by atoms with Crippen LogP contribution >= 0.6 is 11.6 Å². The second-order valence-corrected chi connectivity index (χ2v) is 7.68. The van der Waals surface area contributed by atoms with Gasteiger partial charge in [-0.25, -0.2) is 8.42 Å². The van der Waals surface area contributed by atoms with Gasteiger partial charge in [-0.1, -0.05) is 23.7 Å². The van der Waals surface area contributed by atoms with Gasteiger partial charge in [0.25, 0.3) is 0 Å². The molecule has 0 fully saturated rings. The van der Waals surface area contributed by atoms with Crippen molar-refractivity contribution in [2.45, 2.75) is 24.8 Å². The van der Waals surface area contributed by atoms with Gasteiger partial charge in [-0.15, -0.1) is 0 Å². The highest BCUT2D eigenvalue weighted by atomic mass is 35.5. The third kappa shape index (κ3) is 5.35. The van der Waals surface area contributed by atoms with Gasteiger partial charge in [0.15, 0.2) is 0 Å². The lowest BCUT2D eigenvalue weighted by molar-refractivity contribution is -0.117. The van der Waals surface area contributed by atoms with Crippen molar-refractivity contribution in [2.75, 3.05) is 19.0 Å². The summed E-state index contributed by atoms with van der Waals surface area (Å²) in [6, 6.07) is 9.94. The number of nitrogens with one attached hydrogen (secondary N) is 2. The molecule has 2 aromatic rings. The molecule has 2 rings (SSSR count). The number of amides is 1. The number of halogens is 1. The Balaban J connectivity index is 2.12. The molecule has 2 N–H and O–H groups in total. The van der Waals surface area contributed by atoms with E-state index >= 15 is 0 Å². The van der Waals surface area contributed by atoms with Gasteiger partial charge in [0.2, 0.25) is 15.9 Å². The zero-order valence-electron chi connectivity index (χ0n) is 15.2. The predicted molar refractivity (Wildman–Crippen MR) is 104 cm³/mol. The number of ether oxygens (including phenoxy) is 2. The summed E-state index contributed by atoms with van der Waals surface area (Å²) < 4.78 is 37.8.